The van der Waals surface area contributed by atoms with Crippen LogP contribution in [0.15, 0.2) is 36.9 Å². The summed E-state index contributed by atoms with van der Waals surface area (Å²) in [5.41, 5.74) is 0.883. The first-order valence-electron chi connectivity index (χ1n) is 5.45. The van der Waals surface area contributed by atoms with Crippen molar-refractivity contribution in [3.8, 4) is 11.1 Å². The van der Waals surface area contributed by atoms with Gasteiger partial charge < -0.3 is 4.74 Å². The van der Waals surface area contributed by atoms with Crippen molar-refractivity contribution in [3.63, 3.8) is 0 Å². The molecule has 0 saturated carbocycles. The molecule has 0 aliphatic heterocycles. The van der Waals surface area contributed by atoms with E-state index in [2.05, 4.69) is 9.97 Å². The van der Waals surface area contributed by atoms with E-state index in [9.17, 15) is 9.18 Å². The SMILES string of the molecule is CCOC(=O)c1c(F)cncc1-c1cccnc1. The zero-order valence-electron chi connectivity index (χ0n) is 9.76. The number of nitrogens with zero attached hydrogens (tertiary/aromatic N) is 2. The average molecular weight is 246 g/mol. The number of esters is 1. The summed E-state index contributed by atoms with van der Waals surface area (Å²) in [6.45, 7) is 1.85. The lowest BCUT2D eigenvalue weighted by Crippen LogP contribution is -2.09. The summed E-state index contributed by atoms with van der Waals surface area (Å²) in [7, 11) is 0. The van der Waals surface area contributed by atoms with Crippen molar-refractivity contribution in [3.05, 3.63) is 48.3 Å². The zero-order chi connectivity index (χ0) is 13.0. The van der Waals surface area contributed by atoms with E-state index in [1.54, 1.807) is 31.5 Å². The standard InChI is InChI=1S/C13H11FN2O2/c1-2-18-13(17)12-10(7-16-8-11(12)14)9-4-3-5-15-6-9/h3-8H,2H2,1H3. The Morgan fingerprint density at radius 2 is 2.17 bits per heavy atom. The molecule has 4 nitrogen and oxygen atoms in total. The van der Waals surface area contributed by atoms with Gasteiger partial charge in [0, 0.05) is 29.7 Å². The number of carbonyl (C=O) groups is 1. The molecule has 0 unspecified atom stereocenters. The smallest absolute Gasteiger partial charge is 0.341 e. The molecular formula is C13H11FN2O2. The Balaban J connectivity index is 2.55. The number of rotatable bonds is 3. The van der Waals surface area contributed by atoms with E-state index in [-0.39, 0.29) is 12.2 Å². The molecule has 0 atom stereocenters. The fourth-order valence-corrected chi connectivity index (χ4v) is 1.59. The van der Waals surface area contributed by atoms with Gasteiger partial charge in [-0.25, -0.2) is 9.18 Å². The Labute approximate surface area is 103 Å². The Morgan fingerprint density at radius 3 is 2.83 bits per heavy atom. The third-order valence-electron chi connectivity index (χ3n) is 2.35. The van der Waals surface area contributed by atoms with Gasteiger partial charge in [0.05, 0.1) is 12.8 Å². The molecule has 0 spiro atoms. The van der Waals surface area contributed by atoms with Crippen molar-refractivity contribution in [1.29, 1.82) is 0 Å². The summed E-state index contributed by atoms with van der Waals surface area (Å²) in [6.07, 6.45) is 5.55. The first-order valence-corrected chi connectivity index (χ1v) is 5.45. The first kappa shape index (κ1) is 12.2. The molecule has 0 aliphatic rings. The third kappa shape index (κ3) is 2.34. The molecule has 18 heavy (non-hydrogen) atoms. The number of ether oxygens (including phenoxy) is 1. The van der Waals surface area contributed by atoms with E-state index in [0.717, 1.165) is 6.20 Å². The van der Waals surface area contributed by atoms with Gasteiger partial charge in [0.2, 0.25) is 0 Å². The maximum atomic E-state index is 13.7. The van der Waals surface area contributed by atoms with Crippen LogP contribution in [0.4, 0.5) is 4.39 Å². The molecule has 0 aliphatic carbocycles. The van der Waals surface area contributed by atoms with Gasteiger partial charge in [0.25, 0.3) is 0 Å². The molecule has 0 bridgehead atoms. The van der Waals surface area contributed by atoms with E-state index in [0.29, 0.717) is 11.1 Å². The number of pyridine rings is 2. The quantitative estimate of drug-likeness (QED) is 0.780. The Hall–Kier alpha value is -2.30. The van der Waals surface area contributed by atoms with Crippen molar-refractivity contribution in [2.45, 2.75) is 6.92 Å². The van der Waals surface area contributed by atoms with Crippen molar-refractivity contribution in [1.82, 2.24) is 9.97 Å². The van der Waals surface area contributed by atoms with Crippen LogP contribution in [0.2, 0.25) is 0 Å². The highest BCUT2D eigenvalue weighted by Crippen LogP contribution is 2.24. The number of halogens is 1. The second-order valence-corrected chi connectivity index (χ2v) is 3.51. The van der Waals surface area contributed by atoms with Gasteiger partial charge in [-0.1, -0.05) is 6.07 Å². The molecular weight excluding hydrogens is 235 g/mol. The lowest BCUT2D eigenvalue weighted by molar-refractivity contribution is 0.0522. The second-order valence-electron chi connectivity index (χ2n) is 3.51. The molecule has 2 rings (SSSR count). The van der Waals surface area contributed by atoms with Crippen molar-refractivity contribution >= 4 is 5.97 Å². The van der Waals surface area contributed by atoms with Crippen LogP contribution in [-0.2, 0) is 4.74 Å². The monoisotopic (exact) mass is 246 g/mol. The van der Waals surface area contributed by atoms with Crippen LogP contribution >= 0.6 is 0 Å². The largest absolute Gasteiger partial charge is 0.462 e. The predicted octanol–water partition coefficient (Wildman–Crippen LogP) is 2.46. The summed E-state index contributed by atoms with van der Waals surface area (Å²) in [6, 6.07) is 3.43. The summed E-state index contributed by atoms with van der Waals surface area (Å²) in [5.74, 6) is -1.40. The van der Waals surface area contributed by atoms with Crippen LogP contribution in [0.5, 0.6) is 0 Å². The molecule has 0 N–H and O–H groups in total. The molecule has 0 saturated heterocycles. The van der Waals surface area contributed by atoms with Gasteiger partial charge in [-0.3, -0.25) is 9.97 Å². The molecule has 0 fully saturated rings. The molecule has 0 amide bonds. The summed E-state index contributed by atoms with van der Waals surface area (Å²) in [4.78, 5) is 19.4. The van der Waals surface area contributed by atoms with Crippen LogP contribution in [0, 0.1) is 5.82 Å². The Morgan fingerprint density at radius 1 is 1.33 bits per heavy atom. The topological polar surface area (TPSA) is 52.1 Å². The summed E-state index contributed by atoms with van der Waals surface area (Å²) < 4.78 is 18.6. The van der Waals surface area contributed by atoms with Crippen LogP contribution in [0.25, 0.3) is 11.1 Å². The van der Waals surface area contributed by atoms with Gasteiger partial charge in [-0.15, -0.1) is 0 Å². The Bertz CT molecular complexity index is 558. The lowest BCUT2D eigenvalue weighted by Gasteiger charge is -2.08. The first-order chi connectivity index (χ1) is 8.74. The zero-order valence-corrected chi connectivity index (χ0v) is 9.76. The van der Waals surface area contributed by atoms with E-state index in [4.69, 9.17) is 4.74 Å². The fourth-order valence-electron chi connectivity index (χ4n) is 1.59. The highest BCUT2D eigenvalue weighted by Gasteiger charge is 2.19. The molecule has 0 aromatic carbocycles. The minimum absolute atomic E-state index is 0.111. The van der Waals surface area contributed by atoms with Crippen molar-refractivity contribution in [2.75, 3.05) is 6.61 Å². The average Bonchev–Trinajstić information content (AvgIpc) is 2.39. The number of hydrogen-bond donors (Lipinski definition) is 0. The third-order valence-corrected chi connectivity index (χ3v) is 2.35. The van der Waals surface area contributed by atoms with E-state index in [1.807, 2.05) is 0 Å². The summed E-state index contributed by atoms with van der Waals surface area (Å²) >= 11 is 0. The maximum Gasteiger partial charge on any atom is 0.341 e. The van der Waals surface area contributed by atoms with E-state index in [1.165, 1.54) is 6.20 Å². The fraction of sp³-hybridized carbons (Fsp3) is 0.154. The van der Waals surface area contributed by atoms with Crippen LogP contribution in [-0.4, -0.2) is 22.5 Å². The van der Waals surface area contributed by atoms with E-state index < -0.39 is 11.8 Å². The summed E-state index contributed by atoms with van der Waals surface area (Å²) in [5, 5.41) is 0. The van der Waals surface area contributed by atoms with Gasteiger partial charge in [0.1, 0.15) is 5.56 Å². The number of hydrogen-bond acceptors (Lipinski definition) is 4. The molecule has 0 radical (unpaired) electrons. The molecule has 2 aromatic rings. The van der Waals surface area contributed by atoms with Gasteiger partial charge in [0.15, 0.2) is 5.82 Å². The molecule has 2 aromatic heterocycles. The minimum atomic E-state index is -0.699. The highest BCUT2D eigenvalue weighted by molar-refractivity contribution is 5.97. The highest BCUT2D eigenvalue weighted by atomic mass is 19.1. The maximum absolute atomic E-state index is 13.7. The van der Waals surface area contributed by atoms with Crippen molar-refractivity contribution in [2.24, 2.45) is 0 Å². The van der Waals surface area contributed by atoms with Crippen LogP contribution < -0.4 is 0 Å². The van der Waals surface area contributed by atoms with Gasteiger partial charge >= 0.3 is 5.97 Å². The Kier molecular flexibility index (Phi) is 3.62. The van der Waals surface area contributed by atoms with Crippen LogP contribution in [0.3, 0.4) is 0 Å². The molecule has 2 heterocycles. The molecule has 5 heteroatoms. The van der Waals surface area contributed by atoms with Crippen LogP contribution in [0.1, 0.15) is 17.3 Å². The van der Waals surface area contributed by atoms with Crippen molar-refractivity contribution < 1.29 is 13.9 Å². The van der Waals surface area contributed by atoms with Gasteiger partial charge in [-0.05, 0) is 13.0 Å². The van der Waals surface area contributed by atoms with Gasteiger partial charge in [-0.2, -0.15) is 0 Å². The lowest BCUT2D eigenvalue weighted by atomic mass is 10.0. The van der Waals surface area contributed by atoms with E-state index >= 15 is 0 Å². The minimum Gasteiger partial charge on any atom is -0.462 e. The number of aromatic nitrogens is 2. The molecule has 92 valence electrons. The normalized spacial score (nSPS) is 10.1. The predicted molar refractivity (Wildman–Crippen MR) is 63.4 cm³/mol. The number of carbonyl (C=O) groups excluding carboxylic acids is 1. The second kappa shape index (κ2) is 5.35.